The van der Waals surface area contributed by atoms with Gasteiger partial charge in [0.2, 0.25) is 0 Å². The van der Waals surface area contributed by atoms with Crippen molar-refractivity contribution < 1.29 is 4.79 Å². The summed E-state index contributed by atoms with van der Waals surface area (Å²) in [6.07, 6.45) is 0. The van der Waals surface area contributed by atoms with E-state index in [1.165, 1.54) is 0 Å². The molecule has 4 nitrogen and oxygen atoms in total. The van der Waals surface area contributed by atoms with Gasteiger partial charge in [-0.3, -0.25) is 9.89 Å². The predicted molar refractivity (Wildman–Crippen MR) is 83.4 cm³/mol. The van der Waals surface area contributed by atoms with Crippen LogP contribution in [-0.2, 0) is 0 Å². The van der Waals surface area contributed by atoms with Crippen LogP contribution >= 0.6 is 11.6 Å². The molecule has 0 aliphatic heterocycles. The minimum atomic E-state index is -0.228. The number of amides is 1. The van der Waals surface area contributed by atoms with Gasteiger partial charge in [-0.05, 0) is 30.3 Å². The van der Waals surface area contributed by atoms with Gasteiger partial charge in [0.25, 0.3) is 5.91 Å². The van der Waals surface area contributed by atoms with Crippen molar-refractivity contribution in [1.82, 2.24) is 10.2 Å². The molecule has 2 aromatic carbocycles. The van der Waals surface area contributed by atoms with E-state index in [1.54, 1.807) is 18.2 Å². The van der Waals surface area contributed by atoms with Gasteiger partial charge < -0.3 is 5.32 Å². The highest BCUT2D eigenvalue weighted by Gasteiger charge is 2.11. The summed E-state index contributed by atoms with van der Waals surface area (Å²) in [4.78, 5) is 12.1. The summed E-state index contributed by atoms with van der Waals surface area (Å²) >= 11 is 5.85. The van der Waals surface area contributed by atoms with Gasteiger partial charge in [0, 0.05) is 16.3 Å². The van der Waals surface area contributed by atoms with E-state index in [2.05, 4.69) is 15.5 Å². The minimum absolute atomic E-state index is 0.228. The molecule has 21 heavy (non-hydrogen) atoms. The van der Waals surface area contributed by atoms with E-state index >= 15 is 0 Å². The Bertz CT molecular complexity index is 751. The monoisotopic (exact) mass is 297 g/mol. The van der Waals surface area contributed by atoms with Gasteiger partial charge in [0.05, 0.1) is 5.69 Å². The summed E-state index contributed by atoms with van der Waals surface area (Å²) in [6, 6.07) is 18.3. The standard InChI is InChI=1S/C16H12ClN3O/c17-12-8-6-11(7-9-12)14-10-15(20-19-14)16(21)18-13-4-2-1-3-5-13/h1-10H,(H,18,21)(H,19,20). The summed E-state index contributed by atoms with van der Waals surface area (Å²) < 4.78 is 0. The van der Waals surface area contributed by atoms with E-state index in [1.807, 2.05) is 42.5 Å². The Labute approximate surface area is 126 Å². The van der Waals surface area contributed by atoms with Crippen LogP contribution in [0.2, 0.25) is 5.02 Å². The summed E-state index contributed by atoms with van der Waals surface area (Å²) in [7, 11) is 0. The fraction of sp³-hybridized carbons (Fsp3) is 0. The van der Waals surface area contributed by atoms with E-state index < -0.39 is 0 Å². The Morgan fingerprint density at radius 1 is 1.05 bits per heavy atom. The third-order valence-electron chi connectivity index (χ3n) is 2.99. The minimum Gasteiger partial charge on any atom is -0.321 e. The number of nitrogens with zero attached hydrogens (tertiary/aromatic N) is 1. The van der Waals surface area contributed by atoms with Gasteiger partial charge in [-0.15, -0.1) is 0 Å². The number of benzene rings is 2. The smallest absolute Gasteiger partial charge is 0.273 e. The molecule has 0 radical (unpaired) electrons. The van der Waals surface area contributed by atoms with Crippen molar-refractivity contribution in [1.29, 1.82) is 0 Å². The fourth-order valence-corrected chi connectivity index (χ4v) is 2.05. The first-order chi connectivity index (χ1) is 10.2. The summed E-state index contributed by atoms with van der Waals surface area (Å²) in [5.41, 5.74) is 2.74. The maximum Gasteiger partial charge on any atom is 0.273 e. The Hall–Kier alpha value is -2.59. The molecule has 104 valence electrons. The zero-order chi connectivity index (χ0) is 14.7. The highest BCUT2D eigenvalue weighted by molar-refractivity contribution is 6.30. The lowest BCUT2D eigenvalue weighted by Gasteiger charge is -2.01. The molecular weight excluding hydrogens is 286 g/mol. The normalized spacial score (nSPS) is 10.3. The topological polar surface area (TPSA) is 57.8 Å². The SMILES string of the molecule is O=C(Nc1ccccc1)c1cc(-c2ccc(Cl)cc2)n[nH]1. The maximum absolute atomic E-state index is 12.1. The number of carbonyl (C=O) groups is 1. The van der Waals surface area contributed by atoms with Gasteiger partial charge in [-0.2, -0.15) is 5.10 Å². The van der Waals surface area contributed by atoms with Gasteiger partial charge in [-0.1, -0.05) is 41.9 Å². The van der Waals surface area contributed by atoms with Crippen LogP contribution in [0.25, 0.3) is 11.3 Å². The first kappa shape index (κ1) is 13.4. The molecule has 0 aliphatic carbocycles. The lowest BCUT2D eigenvalue weighted by Crippen LogP contribution is -2.12. The van der Waals surface area contributed by atoms with E-state index in [4.69, 9.17) is 11.6 Å². The average Bonchev–Trinajstić information content (AvgIpc) is 2.99. The maximum atomic E-state index is 12.1. The van der Waals surface area contributed by atoms with E-state index in [9.17, 15) is 4.79 Å². The number of H-pyrrole nitrogens is 1. The predicted octanol–water partition coefficient (Wildman–Crippen LogP) is 3.98. The van der Waals surface area contributed by atoms with Gasteiger partial charge in [-0.25, -0.2) is 0 Å². The van der Waals surface area contributed by atoms with Crippen LogP contribution in [0.1, 0.15) is 10.5 Å². The number of rotatable bonds is 3. The number of carbonyl (C=O) groups excluding carboxylic acids is 1. The molecule has 1 amide bonds. The average molecular weight is 298 g/mol. The Morgan fingerprint density at radius 3 is 2.48 bits per heavy atom. The molecule has 0 saturated carbocycles. The van der Waals surface area contributed by atoms with Crippen LogP contribution in [0.4, 0.5) is 5.69 Å². The molecular formula is C16H12ClN3O. The molecule has 5 heteroatoms. The van der Waals surface area contributed by atoms with Crippen LogP contribution < -0.4 is 5.32 Å². The lowest BCUT2D eigenvalue weighted by molar-refractivity contribution is 0.102. The second-order valence-corrected chi connectivity index (χ2v) is 4.93. The summed E-state index contributed by atoms with van der Waals surface area (Å²) in [5, 5.41) is 10.4. The van der Waals surface area contributed by atoms with Crippen molar-refractivity contribution in [2.24, 2.45) is 0 Å². The van der Waals surface area contributed by atoms with Crippen molar-refractivity contribution in [2.45, 2.75) is 0 Å². The molecule has 0 bridgehead atoms. The van der Waals surface area contributed by atoms with Gasteiger partial charge in [0.15, 0.2) is 0 Å². The first-order valence-electron chi connectivity index (χ1n) is 6.40. The van der Waals surface area contributed by atoms with Crippen LogP contribution in [0, 0.1) is 0 Å². The molecule has 1 heterocycles. The molecule has 0 saturated heterocycles. The molecule has 0 fully saturated rings. The number of halogens is 1. The largest absolute Gasteiger partial charge is 0.321 e. The Kier molecular flexibility index (Phi) is 3.71. The third-order valence-corrected chi connectivity index (χ3v) is 3.25. The summed E-state index contributed by atoms with van der Waals surface area (Å²) in [6.45, 7) is 0. The van der Waals surface area contributed by atoms with Crippen molar-refractivity contribution >= 4 is 23.2 Å². The van der Waals surface area contributed by atoms with Crippen LogP contribution in [0.3, 0.4) is 0 Å². The number of anilines is 1. The molecule has 0 aliphatic rings. The van der Waals surface area contributed by atoms with Crippen LogP contribution in [0.15, 0.2) is 60.7 Å². The molecule has 3 aromatic rings. The second-order valence-electron chi connectivity index (χ2n) is 4.49. The van der Waals surface area contributed by atoms with Crippen LogP contribution in [-0.4, -0.2) is 16.1 Å². The first-order valence-corrected chi connectivity index (χ1v) is 6.78. The molecule has 0 unspecified atom stereocenters. The zero-order valence-corrected chi connectivity index (χ0v) is 11.8. The summed E-state index contributed by atoms with van der Waals surface area (Å²) in [5.74, 6) is -0.228. The number of aromatic nitrogens is 2. The second kappa shape index (κ2) is 5.81. The van der Waals surface area contributed by atoms with Gasteiger partial charge >= 0.3 is 0 Å². The van der Waals surface area contributed by atoms with Crippen molar-refractivity contribution in [3.63, 3.8) is 0 Å². The number of para-hydroxylation sites is 1. The van der Waals surface area contributed by atoms with Crippen molar-refractivity contribution in [3.05, 3.63) is 71.4 Å². The van der Waals surface area contributed by atoms with E-state index in [0.717, 1.165) is 11.3 Å². The third kappa shape index (κ3) is 3.12. The highest BCUT2D eigenvalue weighted by atomic mass is 35.5. The number of hydrogen-bond donors (Lipinski definition) is 2. The molecule has 0 spiro atoms. The molecule has 0 atom stereocenters. The Morgan fingerprint density at radius 2 is 1.76 bits per heavy atom. The highest BCUT2D eigenvalue weighted by Crippen LogP contribution is 2.20. The zero-order valence-electron chi connectivity index (χ0n) is 11.0. The molecule has 1 aromatic heterocycles. The number of hydrogen-bond acceptors (Lipinski definition) is 2. The van der Waals surface area contributed by atoms with Crippen molar-refractivity contribution in [2.75, 3.05) is 5.32 Å². The van der Waals surface area contributed by atoms with E-state index in [-0.39, 0.29) is 5.91 Å². The van der Waals surface area contributed by atoms with Crippen molar-refractivity contribution in [3.8, 4) is 11.3 Å². The fourth-order valence-electron chi connectivity index (χ4n) is 1.93. The lowest BCUT2D eigenvalue weighted by atomic mass is 10.1. The van der Waals surface area contributed by atoms with Gasteiger partial charge in [0.1, 0.15) is 5.69 Å². The van der Waals surface area contributed by atoms with Crippen LogP contribution in [0.5, 0.6) is 0 Å². The number of aromatic amines is 1. The van der Waals surface area contributed by atoms with E-state index in [0.29, 0.717) is 16.4 Å². The molecule has 2 N–H and O–H groups in total. The molecule has 3 rings (SSSR count). The Balaban J connectivity index is 1.78. The number of nitrogens with one attached hydrogen (secondary N) is 2. The quantitative estimate of drug-likeness (QED) is 0.768.